The van der Waals surface area contributed by atoms with Crippen LogP contribution in [0.5, 0.6) is 0 Å². The number of nitrogens with one attached hydrogen (secondary N) is 3. The van der Waals surface area contributed by atoms with Gasteiger partial charge in [-0.3, -0.25) is 25.2 Å². The third-order valence-electron chi connectivity index (χ3n) is 4.20. The van der Waals surface area contributed by atoms with Gasteiger partial charge in [0.15, 0.2) is 0 Å². The van der Waals surface area contributed by atoms with Crippen molar-refractivity contribution < 1.29 is 18.0 Å². The predicted molar refractivity (Wildman–Crippen MR) is 99.1 cm³/mol. The minimum Gasteiger partial charge on any atom is -0.278 e. The van der Waals surface area contributed by atoms with E-state index >= 15 is 0 Å². The second kappa shape index (κ2) is 7.88. The van der Waals surface area contributed by atoms with Crippen molar-refractivity contribution in [3.63, 3.8) is 0 Å². The molecule has 1 aliphatic carbocycles. The molecule has 26 heavy (non-hydrogen) atoms. The Balaban J connectivity index is 1.70. The number of carbonyl (C=O) groups is 2. The van der Waals surface area contributed by atoms with Crippen molar-refractivity contribution in [3.05, 3.63) is 47.3 Å². The van der Waals surface area contributed by atoms with Crippen molar-refractivity contribution in [2.24, 2.45) is 5.92 Å². The summed E-state index contributed by atoms with van der Waals surface area (Å²) in [6.45, 7) is 0. The lowest BCUT2D eigenvalue weighted by atomic mass is 10.1. The minimum atomic E-state index is -3.77. The monoisotopic (exact) mass is 393 g/mol. The van der Waals surface area contributed by atoms with Crippen LogP contribution in [0.1, 0.15) is 36.0 Å². The zero-order valence-electron chi connectivity index (χ0n) is 13.9. The van der Waals surface area contributed by atoms with Gasteiger partial charge >= 0.3 is 0 Å². The highest BCUT2D eigenvalue weighted by molar-refractivity contribution is 7.94. The SMILES string of the molecule is O=C(NNC(=O)C1CCCC1)c1ccccc1NS(=O)(=O)c1cccs1. The Labute approximate surface area is 155 Å². The van der Waals surface area contributed by atoms with Crippen molar-refractivity contribution in [2.45, 2.75) is 29.9 Å². The van der Waals surface area contributed by atoms with E-state index < -0.39 is 15.9 Å². The third-order valence-corrected chi connectivity index (χ3v) is 6.96. The second-order valence-electron chi connectivity index (χ2n) is 6.01. The summed E-state index contributed by atoms with van der Waals surface area (Å²) in [5, 5.41) is 1.66. The van der Waals surface area contributed by atoms with Gasteiger partial charge in [0.1, 0.15) is 4.21 Å². The largest absolute Gasteiger partial charge is 0.278 e. The van der Waals surface area contributed by atoms with E-state index in [0.29, 0.717) is 0 Å². The van der Waals surface area contributed by atoms with Gasteiger partial charge in [0.2, 0.25) is 5.91 Å². The number of amides is 2. The van der Waals surface area contributed by atoms with Gasteiger partial charge < -0.3 is 0 Å². The third kappa shape index (κ3) is 4.23. The van der Waals surface area contributed by atoms with E-state index in [4.69, 9.17) is 0 Å². The van der Waals surface area contributed by atoms with Crippen LogP contribution in [0.15, 0.2) is 46.0 Å². The van der Waals surface area contributed by atoms with Crippen molar-refractivity contribution in [3.8, 4) is 0 Å². The lowest BCUT2D eigenvalue weighted by molar-refractivity contribution is -0.125. The standard InChI is InChI=1S/C17H19N3O4S2/c21-16(12-6-1-2-7-12)18-19-17(22)13-8-3-4-9-14(13)20-26(23,24)15-10-5-11-25-15/h3-5,8-12,20H,1-2,6-7H2,(H,18,21)(H,19,22). The molecule has 0 radical (unpaired) electrons. The quantitative estimate of drug-likeness (QED) is 0.679. The van der Waals surface area contributed by atoms with E-state index in [1.54, 1.807) is 23.6 Å². The fourth-order valence-corrected chi connectivity index (χ4v) is 4.93. The first-order valence-corrected chi connectivity index (χ1v) is 10.6. The number of sulfonamides is 1. The summed E-state index contributed by atoms with van der Waals surface area (Å²) >= 11 is 1.08. The molecule has 0 spiro atoms. The molecule has 138 valence electrons. The first-order valence-electron chi connectivity index (χ1n) is 8.23. The summed E-state index contributed by atoms with van der Waals surface area (Å²) < 4.78 is 27.3. The molecule has 1 aromatic heterocycles. The summed E-state index contributed by atoms with van der Waals surface area (Å²) in [7, 11) is -3.77. The molecule has 2 amide bonds. The van der Waals surface area contributed by atoms with E-state index in [0.717, 1.165) is 37.0 Å². The Morgan fingerprint density at radius 3 is 2.42 bits per heavy atom. The summed E-state index contributed by atoms with van der Waals surface area (Å²) in [4.78, 5) is 24.4. The topological polar surface area (TPSA) is 104 Å². The number of anilines is 1. The van der Waals surface area contributed by atoms with Gasteiger partial charge in [-0.05, 0) is 36.4 Å². The molecule has 0 saturated heterocycles. The Hall–Kier alpha value is -2.39. The fraction of sp³-hybridized carbons (Fsp3) is 0.294. The van der Waals surface area contributed by atoms with Crippen LogP contribution in [0.4, 0.5) is 5.69 Å². The van der Waals surface area contributed by atoms with Gasteiger partial charge in [0.05, 0.1) is 11.3 Å². The van der Waals surface area contributed by atoms with Crippen LogP contribution in [-0.4, -0.2) is 20.2 Å². The van der Waals surface area contributed by atoms with Crippen LogP contribution < -0.4 is 15.6 Å². The number of hydrazine groups is 1. The molecule has 3 N–H and O–H groups in total. The molecule has 1 aliphatic rings. The molecule has 1 heterocycles. The number of carbonyl (C=O) groups excluding carboxylic acids is 2. The molecule has 0 unspecified atom stereocenters. The molecular formula is C17H19N3O4S2. The molecule has 0 atom stereocenters. The summed E-state index contributed by atoms with van der Waals surface area (Å²) in [6, 6.07) is 9.35. The van der Waals surface area contributed by atoms with Gasteiger partial charge in [-0.25, -0.2) is 8.42 Å². The Morgan fingerprint density at radius 1 is 1.00 bits per heavy atom. The number of rotatable bonds is 5. The predicted octanol–water partition coefficient (Wildman–Crippen LogP) is 2.50. The van der Waals surface area contributed by atoms with Crippen molar-refractivity contribution >= 4 is 38.9 Å². The molecular weight excluding hydrogens is 374 g/mol. The van der Waals surface area contributed by atoms with Gasteiger partial charge in [-0.2, -0.15) is 0 Å². The molecule has 1 aromatic carbocycles. The molecule has 0 aliphatic heterocycles. The molecule has 1 fully saturated rings. The van der Waals surface area contributed by atoms with E-state index in [1.807, 2.05) is 0 Å². The van der Waals surface area contributed by atoms with Gasteiger partial charge in [0.25, 0.3) is 15.9 Å². The maximum absolute atomic E-state index is 12.4. The average Bonchev–Trinajstić information content (AvgIpc) is 3.33. The average molecular weight is 393 g/mol. The maximum Gasteiger partial charge on any atom is 0.271 e. The Morgan fingerprint density at radius 2 is 1.73 bits per heavy atom. The molecule has 2 aromatic rings. The highest BCUT2D eigenvalue weighted by Gasteiger charge is 2.24. The Bertz CT molecular complexity index is 888. The zero-order valence-corrected chi connectivity index (χ0v) is 15.5. The van der Waals surface area contributed by atoms with Crippen molar-refractivity contribution in [2.75, 3.05) is 4.72 Å². The highest BCUT2D eigenvalue weighted by Crippen LogP contribution is 2.25. The number of para-hydroxylation sites is 1. The van der Waals surface area contributed by atoms with E-state index in [9.17, 15) is 18.0 Å². The van der Waals surface area contributed by atoms with Gasteiger partial charge in [-0.15, -0.1) is 11.3 Å². The zero-order chi connectivity index (χ0) is 18.6. The van der Waals surface area contributed by atoms with Crippen molar-refractivity contribution in [1.82, 2.24) is 10.9 Å². The van der Waals surface area contributed by atoms with Crippen LogP contribution in [0.25, 0.3) is 0 Å². The van der Waals surface area contributed by atoms with Crippen LogP contribution >= 0.6 is 11.3 Å². The van der Waals surface area contributed by atoms with Gasteiger partial charge in [0, 0.05) is 5.92 Å². The van der Waals surface area contributed by atoms with E-state index in [2.05, 4.69) is 15.6 Å². The van der Waals surface area contributed by atoms with Gasteiger partial charge in [-0.1, -0.05) is 31.0 Å². The molecule has 3 rings (SSSR count). The Kier molecular flexibility index (Phi) is 5.58. The number of hydrogen-bond acceptors (Lipinski definition) is 5. The van der Waals surface area contributed by atoms with Crippen LogP contribution in [0.3, 0.4) is 0 Å². The minimum absolute atomic E-state index is 0.0807. The maximum atomic E-state index is 12.4. The number of hydrogen-bond donors (Lipinski definition) is 3. The lowest BCUT2D eigenvalue weighted by Crippen LogP contribution is -2.44. The normalized spacial score (nSPS) is 14.8. The summed E-state index contributed by atoms with van der Waals surface area (Å²) in [6.07, 6.45) is 3.66. The van der Waals surface area contributed by atoms with Crippen LogP contribution in [-0.2, 0) is 14.8 Å². The summed E-state index contributed by atoms with van der Waals surface area (Å²) in [5.74, 6) is -0.879. The molecule has 0 bridgehead atoms. The highest BCUT2D eigenvalue weighted by atomic mass is 32.2. The molecule has 9 heteroatoms. The second-order valence-corrected chi connectivity index (χ2v) is 8.86. The smallest absolute Gasteiger partial charge is 0.271 e. The first kappa shape index (κ1) is 18.4. The molecule has 1 saturated carbocycles. The lowest BCUT2D eigenvalue weighted by Gasteiger charge is -2.14. The van der Waals surface area contributed by atoms with E-state index in [-0.39, 0.29) is 27.3 Å². The fourth-order valence-electron chi connectivity index (χ4n) is 2.86. The van der Waals surface area contributed by atoms with Crippen molar-refractivity contribution in [1.29, 1.82) is 0 Å². The van der Waals surface area contributed by atoms with Crippen LogP contribution in [0, 0.1) is 5.92 Å². The first-order chi connectivity index (χ1) is 12.5. The van der Waals surface area contributed by atoms with E-state index in [1.165, 1.54) is 18.2 Å². The summed E-state index contributed by atoms with van der Waals surface area (Å²) in [5.41, 5.74) is 5.06. The van der Waals surface area contributed by atoms with Crippen LogP contribution in [0.2, 0.25) is 0 Å². The molecule has 7 nitrogen and oxygen atoms in total. The number of benzene rings is 1. The number of thiophene rings is 1.